The molecule has 0 saturated carbocycles. The Labute approximate surface area is 135 Å². The Kier molecular flexibility index (Phi) is 5.72. The number of nitrogens with zero attached hydrogens (tertiary/aromatic N) is 2. The number of hydrogen-bond acceptors (Lipinski definition) is 5. The molecule has 122 valence electrons. The topological polar surface area (TPSA) is 110 Å². The molecule has 0 radical (unpaired) electrons. The predicted molar refractivity (Wildman–Crippen MR) is 83.1 cm³/mol. The molecular formula is C14H15FN4O3S. The fourth-order valence-corrected chi connectivity index (χ4v) is 2.63. The molecule has 4 N–H and O–H groups in total. The number of carbonyl (C=O) groups is 2. The van der Waals surface area contributed by atoms with Gasteiger partial charge in [-0.3, -0.25) is 9.59 Å². The van der Waals surface area contributed by atoms with Crippen molar-refractivity contribution < 1.29 is 19.1 Å². The number of anilines is 1. The van der Waals surface area contributed by atoms with Crippen molar-refractivity contribution in [2.75, 3.05) is 11.1 Å². The first-order chi connectivity index (χ1) is 11.0. The molecule has 23 heavy (non-hydrogen) atoms. The second-order valence-electron chi connectivity index (χ2n) is 4.56. The Morgan fingerprint density at radius 2 is 2.13 bits per heavy atom. The molecule has 2 amide bonds. The third-order valence-electron chi connectivity index (χ3n) is 2.86. The first-order valence-corrected chi connectivity index (χ1v) is 7.60. The normalized spacial score (nSPS) is 10.5. The van der Waals surface area contributed by atoms with Crippen LogP contribution in [-0.2, 0) is 22.7 Å². The van der Waals surface area contributed by atoms with Crippen molar-refractivity contribution in [3.8, 4) is 0 Å². The van der Waals surface area contributed by atoms with Gasteiger partial charge in [-0.25, -0.2) is 9.37 Å². The summed E-state index contributed by atoms with van der Waals surface area (Å²) in [6.45, 7) is -0.449. The Morgan fingerprint density at radius 1 is 1.39 bits per heavy atom. The molecule has 0 aliphatic heterocycles. The van der Waals surface area contributed by atoms with Crippen LogP contribution in [-0.4, -0.2) is 32.2 Å². The number of halogens is 1. The zero-order valence-electron chi connectivity index (χ0n) is 12.0. The molecule has 0 aliphatic carbocycles. The number of aliphatic hydroxyl groups excluding tert-OH is 1. The maximum absolute atomic E-state index is 13.5. The van der Waals surface area contributed by atoms with Crippen LogP contribution in [0.3, 0.4) is 0 Å². The van der Waals surface area contributed by atoms with E-state index in [4.69, 9.17) is 5.73 Å². The summed E-state index contributed by atoms with van der Waals surface area (Å²) in [5, 5.41) is 12.0. The molecule has 1 heterocycles. The number of nitrogens with one attached hydrogen (secondary N) is 1. The minimum Gasteiger partial charge on any atom is -0.390 e. The van der Waals surface area contributed by atoms with Crippen molar-refractivity contribution >= 4 is 29.3 Å². The fourth-order valence-electron chi connectivity index (χ4n) is 1.84. The zero-order chi connectivity index (χ0) is 16.8. The van der Waals surface area contributed by atoms with E-state index >= 15 is 0 Å². The molecule has 0 aliphatic rings. The molecule has 0 spiro atoms. The summed E-state index contributed by atoms with van der Waals surface area (Å²) < 4.78 is 14.9. The molecule has 2 rings (SSSR count). The third-order valence-corrected chi connectivity index (χ3v) is 3.85. The molecule has 7 nitrogen and oxygen atoms in total. The summed E-state index contributed by atoms with van der Waals surface area (Å²) in [6.07, 6.45) is 1.40. The molecule has 0 atom stereocenters. The lowest BCUT2D eigenvalue weighted by atomic mass is 10.3. The summed E-state index contributed by atoms with van der Waals surface area (Å²) >= 11 is 1.06. The first kappa shape index (κ1) is 17.0. The van der Waals surface area contributed by atoms with E-state index in [9.17, 15) is 19.1 Å². The van der Waals surface area contributed by atoms with Crippen molar-refractivity contribution in [2.45, 2.75) is 18.3 Å². The molecular weight excluding hydrogens is 323 g/mol. The minimum atomic E-state index is -0.588. The molecule has 0 unspecified atom stereocenters. The highest BCUT2D eigenvalue weighted by molar-refractivity contribution is 7.99. The van der Waals surface area contributed by atoms with E-state index in [0.29, 0.717) is 10.9 Å². The Balaban J connectivity index is 2.00. The van der Waals surface area contributed by atoms with Gasteiger partial charge in [-0.15, -0.1) is 0 Å². The number of rotatable bonds is 7. The number of amides is 2. The summed E-state index contributed by atoms with van der Waals surface area (Å²) in [6, 6.07) is 5.83. The van der Waals surface area contributed by atoms with Crippen molar-refractivity contribution in [3.05, 3.63) is 42.0 Å². The quantitative estimate of drug-likeness (QED) is 0.645. The van der Waals surface area contributed by atoms with E-state index in [2.05, 4.69) is 10.3 Å². The van der Waals surface area contributed by atoms with E-state index in [1.807, 2.05) is 0 Å². The molecule has 1 aromatic carbocycles. The van der Waals surface area contributed by atoms with Crippen LogP contribution in [0.5, 0.6) is 0 Å². The summed E-state index contributed by atoms with van der Waals surface area (Å²) in [4.78, 5) is 27.0. The number of imidazole rings is 1. The smallest absolute Gasteiger partial charge is 0.237 e. The van der Waals surface area contributed by atoms with E-state index in [1.54, 1.807) is 6.07 Å². The maximum Gasteiger partial charge on any atom is 0.237 e. The number of para-hydroxylation sites is 1. The van der Waals surface area contributed by atoms with Gasteiger partial charge in [-0.05, 0) is 12.1 Å². The highest BCUT2D eigenvalue weighted by Crippen LogP contribution is 2.20. The predicted octanol–water partition coefficient (Wildman–Crippen LogP) is 0.731. The van der Waals surface area contributed by atoms with E-state index in [1.165, 1.54) is 29.0 Å². The Bertz CT molecular complexity index is 720. The number of hydrogen-bond donors (Lipinski definition) is 3. The van der Waals surface area contributed by atoms with Gasteiger partial charge in [0.15, 0.2) is 5.16 Å². The van der Waals surface area contributed by atoms with Crippen LogP contribution in [0.25, 0.3) is 0 Å². The van der Waals surface area contributed by atoms with Crippen molar-refractivity contribution in [2.24, 2.45) is 5.73 Å². The van der Waals surface area contributed by atoms with Crippen LogP contribution in [0.2, 0.25) is 0 Å². The second kappa shape index (κ2) is 7.75. The van der Waals surface area contributed by atoms with Gasteiger partial charge in [-0.2, -0.15) is 0 Å². The standard InChI is InChI=1S/C14H15FN4O3S/c15-10-3-1-2-4-11(10)18-13(22)8-23-14-17-5-9(7-20)19(14)6-12(16)21/h1-5,20H,6-8H2,(H2,16,21)(H,18,22). The van der Waals surface area contributed by atoms with Crippen LogP contribution < -0.4 is 11.1 Å². The van der Waals surface area contributed by atoms with Crippen LogP contribution in [0.1, 0.15) is 5.69 Å². The molecule has 1 aromatic heterocycles. The van der Waals surface area contributed by atoms with Crippen molar-refractivity contribution in [1.29, 1.82) is 0 Å². The Hall–Kier alpha value is -2.39. The first-order valence-electron chi connectivity index (χ1n) is 6.62. The lowest BCUT2D eigenvalue weighted by molar-refractivity contribution is -0.118. The number of aromatic nitrogens is 2. The number of benzene rings is 1. The number of aliphatic hydroxyl groups is 1. The van der Waals surface area contributed by atoms with Crippen LogP contribution in [0.15, 0.2) is 35.6 Å². The van der Waals surface area contributed by atoms with Crippen LogP contribution >= 0.6 is 11.8 Å². The number of carbonyl (C=O) groups excluding carboxylic acids is 2. The van der Waals surface area contributed by atoms with Crippen molar-refractivity contribution in [1.82, 2.24) is 9.55 Å². The van der Waals surface area contributed by atoms with E-state index in [-0.39, 0.29) is 24.6 Å². The van der Waals surface area contributed by atoms with Gasteiger partial charge in [-0.1, -0.05) is 23.9 Å². The van der Waals surface area contributed by atoms with Gasteiger partial charge >= 0.3 is 0 Å². The molecule has 0 saturated heterocycles. The zero-order valence-corrected chi connectivity index (χ0v) is 12.8. The second-order valence-corrected chi connectivity index (χ2v) is 5.50. The maximum atomic E-state index is 13.5. The molecule has 0 fully saturated rings. The molecule has 9 heteroatoms. The molecule has 0 bridgehead atoms. The number of nitrogens with two attached hydrogens (primary N) is 1. The van der Waals surface area contributed by atoms with Gasteiger partial charge in [0.05, 0.1) is 29.9 Å². The van der Waals surface area contributed by atoms with Gasteiger partial charge in [0.2, 0.25) is 11.8 Å². The third kappa shape index (κ3) is 4.54. The highest BCUT2D eigenvalue weighted by Gasteiger charge is 2.14. The van der Waals surface area contributed by atoms with E-state index in [0.717, 1.165) is 11.8 Å². The van der Waals surface area contributed by atoms with Crippen LogP contribution in [0.4, 0.5) is 10.1 Å². The average Bonchev–Trinajstić information content (AvgIpc) is 2.89. The lowest BCUT2D eigenvalue weighted by Gasteiger charge is -2.09. The van der Waals surface area contributed by atoms with Gasteiger partial charge in [0, 0.05) is 0 Å². The van der Waals surface area contributed by atoms with Crippen LogP contribution in [0, 0.1) is 5.82 Å². The SMILES string of the molecule is NC(=O)Cn1c(CO)cnc1SCC(=O)Nc1ccccc1F. The summed E-state index contributed by atoms with van der Waals surface area (Å²) in [7, 11) is 0. The summed E-state index contributed by atoms with van der Waals surface area (Å²) in [5.41, 5.74) is 5.66. The van der Waals surface area contributed by atoms with Gasteiger partial charge in [0.1, 0.15) is 12.4 Å². The number of thioether (sulfide) groups is 1. The average molecular weight is 338 g/mol. The minimum absolute atomic E-state index is 0.0328. The number of primary amides is 1. The van der Waals surface area contributed by atoms with E-state index < -0.39 is 17.6 Å². The largest absolute Gasteiger partial charge is 0.390 e. The Morgan fingerprint density at radius 3 is 2.78 bits per heavy atom. The fraction of sp³-hybridized carbons (Fsp3) is 0.214. The van der Waals surface area contributed by atoms with Crippen molar-refractivity contribution in [3.63, 3.8) is 0 Å². The van der Waals surface area contributed by atoms with Gasteiger partial charge < -0.3 is 20.7 Å². The summed E-state index contributed by atoms with van der Waals surface area (Å²) in [5.74, 6) is -1.56. The lowest BCUT2D eigenvalue weighted by Crippen LogP contribution is -2.21. The highest BCUT2D eigenvalue weighted by atomic mass is 32.2. The monoisotopic (exact) mass is 338 g/mol. The van der Waals surface area contributed by atoms with Gasteiger partial charge in [0.25, 0.3) is 0 Å². The molecule has 2 aromatic rings.